The second kappa shape index (κ2) is 12.6. The first-order chi connectivity index (χ1) is 19.7. The standard InChI is InChI=1S/C28H24Cl3N5O4S/c29-21-14-26(34-41(38,39)23-7-8-24(30)25(31)15-23)27(33-17-21)40-22-5-3-20(4-6-22)28(37)36-12-10-35(11-13-36)18-19-2-1-9-32-16-19/h1-9,14-17,34H,10-13,18H2. The largest absolute Gasteiger partial charge is 0.437 e. The molecule has 0 unspecified atom stereocenters. The molecule has 4 aromatic rings. The van der Waals surface area contributed by atoms with E-state index >= 15 is 0 Å². The number of carbonyl (C=O) groups is 1. The minimum absolute atomic E-state index is 0.0212. The summed E-state index contributed by atoms with van der Waals surface area (Å²) >= 11 is 18.0. The number of piperazine rings is 1. The Morgan fingerprint density at radius 3 is 2.37 bits per heavy atom. The Bertz CT molecular complexity index is 1650. The molecule has 0 atom stereocenters. The topological polar surface area (TPSA) is 105 Å². The second-order valence-electron chi connectivity index (χ2n) is 9.24. The highest BCUT2D eigenvalue weighted by molar-refractivity contribution is 7.92. The van der Waals surface area contributed by atoms with Crippen LogP contribution in [0.15, 0.2) is 84.1 Å². The maximum absolute atomic E-state index is 13.1. The number of ether oxygens (including phenoxy) is 1. The SMILES string of the molecule is O=C(c1ccc(Oc2ncc(Cl)cc2NS(=O)(=O)c2ccc(Cl)c(Cl)c2)cc1)N1CCN(Cc2cccnc2)CC1. The van der Waals surface area contributed by atoms with Gasteiger partial charge in [0.15, 0.2) is 0 Å². The predicted molar refractivity (Wildman–Crippen MR) is 158 cm³/mol. The van der Waals surface area contributed by atoms with E-state index in [2.05, 4.69) is 19.6 Å². The number of sulfonamides is 1. The molecule has 13 heteroatoms. The zero-order chi connectivity index (χ0) is 29.0. The minimum Gasteiger partial charge on any atom is -0.437 e. The number of benzene rings is 2. The molecule has 9 nitrogen and oxygen atoms in total. The predicted octanol–water partition coefficient (Wildman–Crippen LogP) is 5.99. The van der Waals surface area contributed by atoms with Crippen molar-refractivity contribution in [3.8, 4) is 11.6 Å². The number of nitrogens with zero attached hydrogens (tertiary/aromatic N) is 4. The van der Waals surface area contributed by atoms with Crippen LogP contribution in [0.5, 0.6) is 11.6 Å². The van der Waals surface area contributed by atoms with Gasteiger partial charge in [-0.3, -0.25) is 19.4 Å². The van der Waals surface area contributed by atoms with Crippen molar-refractivity contribution >= 4 is 56.4 Å². The fraction of sp³-hybridized carbons (Fsp3) is 0.179. The van der Waals surface area contributed by atoms with Crippen LogP contribution in [0.3, 0.4) is 0 Å². The van der Waals surface area contributed by atoms with Crippen LogP contribution in [0.4, 0.5) is 5.69 Å². The highest BCUT2D eigenvalue weighted by Gasteiger charge is 2.23. The van der Waals surface area contributed by atoms with Gasteiger partial charge in [-0.05, 0) is 60.2 Å². The number of amides is 1. The molecular formula is C28H24Cl3N5O4S. The molecule has 2 aromatic heterocycles. The summed E-state index contributed by atoms with van der Waals surface area (Å²) in [4.78, 5) is 25.4. The zero-order valence-corrected chi connectivity index (χ0v) is 24.6. The summed E-state index contributed by atoms with van der Waals surface area (Å²) in [5.74, 6) is 0.256. The lowest BCUT2D eigenvalue weighted by Crippen LogP contribution is -2.48. The van der Waals surface area contributed by atoms with E-state index in [4.69, 9.17) is 39.5 Å². The molecule has 0 aliphatic carbocycles. The van der Waals surface area contributed by atoms with Crippen LogP contribution >= 0.6 is 34.8 Å². The van der Waals surface area contributed by atoms with E-state index in [1.54, 1.807) is 30.5 Å². The van der Waals surface area contributed by atoms with Gasteiger partial charge in [0.1, 0.15) is 11.4 Å². The van der Waals surface area contributed by atoms with Gasteiger partial charge >= 0.3 is 0 Å². The van der Waals surface area contributed by atoms with E-state index in [9.17, 15) is 13.2 Å². The molecule has 3 heterocycles. The second-order valence-corrected chi connectivity index (χ2v) is 12.2. The van der Waals surface area contributed by atoms with Crippen LogP contribution in [-0.2, 0) is 16.6 Å². The molecule has 1 saturated heterocycles. The van der Waals surface area contributed by atoms with Gasteiger partial charge in [-0.2, -0.15) is 0 Å². The van der Waals surface area contributed by atoms with Gasteiger partial charge in [0, 0.05) is 56.9 Å². The Labute approximate surface area is 252 Å². The van der Waals surface area contributed by atoms with Crippen molar-refractivity contribution in [2.24, 2.45) is 0 Å². The van der Waals surface area contributed by atoms with Crippen LogP contribution in [0.2, 0.25) is 15.1 Å². The third-order valence-electron chi connectivity index (χ3n) is 6.37. The lowest BCUT2D eigenvalue weighted by atomic mass is 10.1. The van der Waals surface area contributed by atoms with Crippen LogP contribution in [0.25, 0.3) is 0 Å². The van der Waals surface area contributed by atoms with Crippen molar-refractivity contribution in [3.63, 3.8) is 0 Å². The summed E-state index contributed by atoms with van der Waals surface area (Å²) in [5, 5.41) is 0.520. The first-order valence-corrected chi connectivity index (χ1v) is 15.1. The lowest BCUT2D eigenvalue weighted by Gasteiger charge is -2.34. The number of halogens is 3. The third-order valence-corrected chi connectivity index (χ3v) is 8.68. The molecule has 0 spiro atoms. The fourth-order valence-corrected chi connectivity index (χ4v) is 5.84. The summed E-state index contributed by atoms with van der Waals surface area (Å²) < 4.78 is 34.2. The highest BCUT2D eigenvalue weighted by atomic mass is 35.5. The summed E-state index contributed by atoms with van der Waals surface area (Å²) in [7, 11) is -4.06. The van der Waals surface area contributed by atoms with Crippen molar-refractivity contribution in [2.45, 2.75) is 11.4 Å². The molecule has 5 rings (SSSR count). The molecule has 1 amide bonds. The molecule has 0 radical (unpaired) electrons. The van der Waals surface area contributed by atoms with Crippen molar-refractivity contribution < 1.29 is 17.9 Å². The number of carbonyl (C=O) groups excluding carboxylic acids is 1. The number of aromatic nitrogens is 2. The van der Waals surface area contributed by atoms with Gasteiger partial charge in [-0.1, -0.05) is 40.9 Å². The smallest absolute Gasteiger partial charge is 0.262 e. The van der Waals surface area contributed by atoms with Crippen LogP contribution in [-0.4, -0.2) is 60.3 Å². The molecule has 212 valence electrons. The molecule has 0 bridgehead atoms. The molecule has 41 heavy (non-hydrogen) atoms. The Balaban J connectivity index is 1.23. The number of rotatable bonds is 8. The van der Waals surface area contributed by atoms with E-state index in [1.807, 2.05) is 23.2 Å². The van der Waals surface area contributed by atoms with Crippen LogP contribution in [0, 0.1) is 0 Å². The third kappa shape index (κ3) is 7.27. The number of nitrogens with one attached hydrogen (secondary N) is 1. The van der Waals surface area contributed by atoms with Crippen molar-refractivity contribution in [3.05, 3.63) is 105 Å². The van der Waals surface area contributed by atoms with Crippen molar-refractivity contribution in [1.82, 2.24) is 19.8 Å². The Kier molecular flexibility index (Phi) is 8.96. The fourth-order valence-electron chi connectivity index (χ4n) is 4.25. The monoisotopic (exact) mass is 631 g/mol. The summed E-state index contributed by atoms with van der Waals surface area (Å²) in [6.45, 7) is 3.57. The Morgan fingerprint density at radius 2 is 1.68 bits per heavy atom. The first kappa shape index (κ1) is 29.1. The first-order valence-electron chi connectivity index (χ1n) is 12.5. The van der Waals surface area contributed by atoms with E-state index in [0.29, 0.717) is 24.4 Å². The number of pyridine rings is 2. The number of anilines is 1. The molecule has 1 aliphatic heterocycles. The van der Waals surface area contributed by atoms with Crippen molar-refractivity contribution in [1.29, 1.82) is 0 Å². The van der Waals surface area contributed by atoms with Crippen molar-refractivity contribution in [2.75, 3.05) is 30.9 Å². The zero-order valence-electron chi connectivity index (χ0n) is 21.5. The number of hydrogen-bond donors (Lipinski definition) is 1. The molecule has 1 N–H and O–H groups in total. The maximum atomic E-state index is 13.1. The average molecular weight is 633 g/mol. The number of hydrogen-bond acceptors (Lipinski definition) is 7. The highest BCUT2D eigenvalue weighted by Crippen LogP contribution is 2.32. The van der Waals surface area contributed by atoms with E-state index in [0.717, 1.165) is 25.2 Å². The van der Waals surface area contributed by atoms with E-state index in [-0.39, 0.29) is 37.4 Å². The molecule has 1 fully saturated rings. The lowest BCUT2D eigenvalue weighted by molar-refractivity contribution is 0.0628. The van der Waals surface area contributed by atoms with E-state index < -0.39 is 10.0 Å². The van der Waals surface area contributed by atoms with Gasteiger partial charge in [-0.25, -0.2) is 13.4 Å². The van der Waals surface area contributed by atoms with Gasteiger partial charge in [0.2, 0.25) is 5.88 Å². The van der Waals surface area contributed by atoms with Crippen LogP contribution in [0.1, 0.15) is 15.9 Å². The minimum atomic E-state index is -4.06. The average Bonchev–Trinajstić information content (AvgIpc) is 2.97. The molecule has 0 saturated carbocycles. The van der Waals surface area contributed by atoms with Gasteiger partial charge in [0.25, 0.3) is 15.9 Å². The molecular weight excluding hydrogens is 609 g/mol. The Hall–Kier alpha value is -3.41. The van der Waals surface area contributed by atoms with Gasteiger partial charge in [0.05, 0.1) is 20.0 Å². The quantitative estimate of drug-likeness (QED) is 0.255. The van der Waals surface area contributed by atoms with Gasteiger partial charge in [-0.15, -0.1) is 0 Å². The molecule has 1 aliphatic rings. The summed E-state index contributed by atoms with van der Waals surface area (Å²) in [5.41, 5.74) is 1.68. The van der Waals surface area contributed by atoms with E-state index in [1.165, 1.54) is 30.5 Å². The maximum Gasteiger partial charge on any atom is 0.262 e. The molecule has 2 aromatic carbocycles. The Morgan fingerprint density at radius 1 is 0.927 bits per heavy atom. The normalized spacial score (nSPS) is 14.1. The van der Waals surface area contributed by atoms with Crippen LogP contribution < -0.4 is 9.46 Å². The summed E-state index contributed by atoms with van der Waals surface area (Å²) in [6.07, 6.45) is 4.94. The summed E-state index contributed by atoms with van der Waals surface area (Å²) in [6, 6.07) is 15.9. The van der Waals surface area contributed by atoms with Gasteiger partial charge < -0.3 is 9.64 Å².